The summed E-state index contributed by atoms with van der Waals surface area (Å²) in [6.07, 6.45) is 2.46. The first kappa shape index (κ1) is 27.9. The molecule has 2 heterocycles. The number of benzene rings is 3. The number of carbonyl (C=O) groups excluding carboxylic acids is 2. The van der Waals surface area contributed by atoms with Gasteiger partial charge in [0.05, 0.1) is 23.1 Å². The number of hydrogen-bond donors (Lipinski definition) is 2. The van der Waals surface area contributed by atoms with E-state index in [1.807, 2.05) is 48.5 Å². The van der Waals surface area contributed by atoms with Gasteiger partial charge in [-0.25, -0.2) is 19.5 Å². The third-order valence-corrected chi connectivity index (χ3v) is 7.47. The summed E-state index contributed by atoms with van der Waals surface area (Å²) < 4.78 is 17.4. The van der Waals surface area contributed by atoms with Gasteiger partial charge in [-0.3, -0.25) is 4.57 Å². The average molecular weight is 583 g/mol. The van der Waals surface area contributed by atoms with Gasteiger partial charge in [0.25, 0.3) is 0 Å². The zero-order chi connectivity index (χ0) is 29.8. The highest BCUT2D eigenvalue weighted by molar-refractivity contribution is 6.02. The molecule has 0 saturated heterocycles. The molecule has 220 valence electrons. The molecule has 0 amide bonds. The molecule has 3 aromatic carbocycles. The monoisotopic (exact) mass is 582 g/mol. The number of rotatable bonds is 8. The van der Waals surface area contributed by atoms with Crippen molar-refractivity contribution in [2.45, 2.75) is 58.0 Å². The molecule has 12 nitrogen and oxygen atoms in total. The lowest BCUT2D eigenvalue weighted by molar-refractivity contribution is -0.0914. The number of esters is 1. The van der Waals surface area contributed by atoms with Gasteiger partial charge in [-0.15, -0.1) is 5.10 Å². The number of tetrazole rings is 1. The first-order valence-corrected chi connectivity index (χ1v) is 14.2. The normalized spacial score (nSPS) is 14.3. The molecule has 1 aliphatic carbocycles. The molecular weight excluding hydrogens is 552 g/mol. The second kappa shape index (κ2) is 12.3. The number of hydrogen-bond acceptors (Lipinski definition) is 9. The molecule has 1 saturated carbocycles. The largest absolute Gasteiger partial charge is 0.511 e. The molecule has 2 N–H and O–H groups in total. The van der Waals surface area contributed by atoms with Gasteiger partial charge in [-0.05, 0) is 71.0 Å². The van der Waals surface area contributed by atoms with Crippen LogP contribution in [0.2, 0.25) is 0 Å². The van der Waals surface area contributed by atoms with E-state index in [1.165, 1.54) is 11.5 Å². The Morgan fingerprint density at radius 3 is 2.56 bits per heavy atom. The van der Waals surface area contributed by atoms with Gasteiger partial charge in [0.1, 0.15) is 6.10 Å². The van der Waals surface area contributed by atoms with Crippen LogP contribution in [0.15, 0.2) is 71.5 Å². The fourth-order valence-corrected chi connectivity index (χ4v) is 5.47. The molecule has 0 radical (unpaired) electrons. The zero-order valence-corrected chi connectivity index (χ0v) is 23.5. The number of nitrogens with one attached hydrogen (secondary N) is 2. The quantitative estimate of drug-likeness (QED) is 0.185. The molecule has 1 atom stereocenters. The lowest BCUT2D eigenvalue weighted by Gasteiger charge is -2.22. The predicted molar refractivity (Wildman–Crippen MR) is 156 cm³/mol. The van der Waals surface area contributed by atoms with Crippen molar-refractivity contribution in [3.63, 3.8) is 0 Å². The maximum absolute atomic E-state index is 13.3. The molecule has 12 heteroatoms. The highest BCUT2D eigenvalue weighted by Gasteiger charge is 2.24. The van der Waals surface area contributed by atoms with E-state index in [4.69, 9.17) is 14.2 Å². The summed E-state index contributed by atoms with van der Waals surface area (Å²) in [5.74, 6) is -0.267. The van der Waals surface area contributed by atoms with Crippen LogP contribution in [0.1, 0.15) is 54.9 Å². The first-order valence-electron chi connectivity index (χ1n) is 14.2. The molecule has 5 aromatic rings. The Bertz CT molecular complexity index is 1790. The predicted octanol–water partition coefficient (Wildman–Crippen LogP) is 5.21. The van der Waals surface area contributed by atoms with Crippen LogP contribution >= 0.6 is 0 Å². The standard InChI is InChI=1S/C31H30N6O6/c1-19(42-31(40)43-22-11-6-3-7-12-22)41-29(38)24-13-8-14-26-27(24)37(30(39)32-26)18-20-15-16-23(21-9-4-2-5-10-21)25(17-20)28-33-35-36-34-28/h2,4-5,8-10,13-17,19,22H,3,6-7,11-12,18H2,1H3,(H,32,39)(H,33,34,35,36). The summed E-state index contributed by atoms with van der Waals surface area (Å²) in [5, 5.41) is 14.4. The summed E-state index contributed by atoms with van der Waals surface area (Å²) in [4.78, 5) is 41.4. The summed E-state index contributed by atoms with van der Waals surface area (Å²) in [7, 11) is 0. The van der Waals surface area contributed by atoms with Gasteiger partial charge in [0.2, 0.25) is 6.29 Å². The fourth-order valence-electron chi connectivity index (χ4n) is 5.47. The van der Waals surface area contributed by atoms with Gasteiger partial charge in [0, 0.05) is 12.5 Å². The van der Waals surface area contributed by atoms with E-state index in [9.17, 15) is 14.4 Å². The number of carbonyl (C=O) groups is 2. The van der Waals surface area contributed by atoms with E-state index in [0.717, 1.165) is 54.4 Å². The van der Waals surface area contributed by atoms with Gasteiger partial charge in [-0.1, -0.05) is 55.0 Å². The third-order valence-electron chi connectivity index (χ3n) is 7.47. The van der Waals surface area contributed by atoms with E-state index in [0.29, 0.717) is 16.9 Å². The van der Waals surface area contributed by atoms with Gasteiger partial charge in [0.15, 0.2) is 5.82 Å². The van der Waals surface area contributed by atoms with Crippen molar-refractivity contribution >= 4 is 23.2 Å². The summed E-state index contributed by atoms with van der Waals surface area (Å²) in [6, 6.07) is 20.5. The Balaban J connectivity index is 1.25. The van der Waals surface area contributed by atoms with E-state index in [1.54, 1.807) is 18.2 Å². The van der Waals surface area contributed by atoms with Crippen molar-refractivity contribution in [2.24, 2.45) is 0 Å². The minimum Gasteiger partial charge on any atom is -0.431 e. The SMILES string of the molecule is CC(OC(=O)OC1CCCCC1)OC(=O)c1cccc2[nH]c(=O)n(Cc3ccc(-c4ccccc4)c(-c4nnn[nH]4)c3)c12. The maximum atomic E-state index is 13.3. The van der Waals surface area contributed by atoms with Crippen molar-refractivity contribution in [3.8, 4) is 22.5 Å². The topological polar surface area (TPSA) is 154 Å². The lowest BCUT2D eigenvalue weighted by Crippen LogP contribution is -2.27. The molecule has 1 fully saturated rings. The molecule has 1 aliphatic rings. The van der Waals surface area contributed by atoms with Crippen LogP contribution in [0.5, 0.6) is 0 Å². The molecule has 1 unspecified atom stereocenters. The van der Waals surface area contributed by atoms with E-state index >= 15 is 0 Å². The Morgan fingerprint density at radius 2 is 1.79 bits per heavy atom. The van der Waals surface area contributed by atoms with Gasteiger partial charge < -0.3 is 19.2 Å². The molecular formula is C31H30N6O6. The molecule has 0 bridgehead atoms. The maximum Gasteiger partial charge on any atom is 0.511 e. The number of fused-ring (bicyclic) bond motifs is 1. The number of para-hydroxylation sites is 1. The van der Waals surface area contributed by atoms with Crippen LogP contribution in [0.25, 0.3) is 33.5 Å². The van der Waals surface area contributed by atoms with Crippen molar-refractivity contribution in [1.82, 2.24) is 30.2 Å². The Hall–Kier alpha value is -5.26. The van der Waals surface area contributed by atoms with E-state index in [2.05, 4.69) is 25.6 Å². The minimum atomic E-state index is -1.19. The lowest BCUT2D eigenvalue weighted by atomic mass is 9.97. The van der Waals surface area contributed by atoms with Crippen molar-refractivity contribution in [3.05, 3.63) is 88.3 Å². The minimum absolute atomic E-state index is 0.145. The Labute approximate surface area is 246 Å². The summed E-state index contributed by atoms with van der Waals surface area (Å²) in [6.45, 7) is 1.59. The third kappa shape index (κ3) is 6.17. The molecule has 6 rings (SSSR count). The van der Waals surface area contributed by atoms with Crippen molar-refractivity contribution in [1.29, 1.82) is 0 Å². The second-order valence-electron chi connectivity index (χ2n) is 10.4. The fraction of sp³-hybridized carbons (Fsp3) is 0.290. The first-order chi connectivity index (χ1) is 21.0. The Kier molecular flexibility index (Phi) is 7.98. The van der Waals surface area contributed by atoms with Crippen molar-refractivity contribution in [2.75, 3.05) is 0 Å². The number of imidazole rings is 1. The highest BCUT2D eigenvalue weighted by atomic mass is 16.8. The summed E-state index contributed by atoms with van der Waals surface area (Å²) in [5.41, 5.74) is 4.00. The van der Waals surface area contributed by atoms with E-state index in [-0.39, 0.29) is 18.2 Å². The van der Waals surface area contributed by atoms with Gasteiger partial charge >= 0.3 is 17.8 Å². The van der Waals surface area contributed by atoms with Gasteiger partial charge in [-0.2, -0.15) is 0 Å². The Morgan fingerprint density at radius 1 is 0.977 bits per heavy atom. The van der Waals surface area contributed by atoms with Crippen LogP contribution in [-0.4, -0.2) is 54.7 Å². The van der Waals surface area contributed by atoms with E-state index < -0.39 is 24.1 Å². The molecule has 2 aromatic heterocycles. The van der Waals surface area contributed by atoms with Crippen LogP contribution in [-0.2, 0) is 20.8 Å². The summed E-state index contributed by atoms with van der Waals surface area (Å²) >= 11 is 0. The number of nitrogens with zero attached hydrogens (tertiary/aromatic N) is 4. The van der Waals surface area contributed by atoms with Crippen LogP contribution in [0, 0.1) is 0 Å². The van der Waals surface area contributed by atoms with Crippen LogP contribution in [0.3, 0.4) is 0 Å². The second-order valence-corrected chi connectivity index (χ2v) is 10.4. The van der Waals surface area contributed by atoms with Crippen molar-refractivity contribution < 1.29 is 23.8 Å². The molecule has 0 spiro atoms. The molecule has 43 heavy (non-hydrogen) atoms. The zero-order valence-electron chi connectivity index (χ0n) is 23.5. The highest BCUT2D eigenvalue weighted by Crippen LogP contribution is 2.31. The number of aromatic nitrogens is 6. The smallest absolute Gasteiger partial charge is 0.431 e. The number of ether oxygens (including phenoxy) is 3. The van der Waals surface area contributed by atoms with Crippen LogP contribution in [0.4, 0.5) is 4.79 Å². The molecule has 0 aliphatic heterocycles. The number of aromatic amines is 2. The van der Waals surface area contributed by atoms with Crippen LogP contribution < -0.4 is 5.69 Å². The number of H-pyrrole nitrogens is 2. The average Bonchev–Trinajstić information content (AvgIpc) is 3.66.